The molecule has 0 amide bonds. The van der Waals surface area contributed by atoms with Crippen molar-refractivity contribution >= 4 is 0 Å². The summed E-state index contributed by atoms with van der Waals surface area (Å²) in [5, 5.41) is 8.69. The molecule has 0 saturated heterocycles. The minimum atomic E-state index is 0.686. The Morgan fingerprint density at radius 1 is 1.05 bits per heavy atom. The van der Waals surface area contributed by atoms with Gasteiger partial charge in [0.25, 0.3) is 0 Å². The predicted octanol–water partition coefficient (Wildman–Crippen LogP) is 4.45. The lowest BCUT2D eigenvalue weighted by molar-refractivity contribution is 0.750. The minimum Gasteiger partial charge on any atom is -0.220 e. The van der Waals surface area contributed by atoms with Crippen molar-refractivity contribution in [3.8, 4) is 16.9 Å². The van der Waals surface area contributed by atoms with Crippen LogP contribution in [0.3, 0.4) is 0 Å². The number of hydrogen-bond donors (Lipinski definition) is 0. The molecule has 1 aliphatic carbocycles. The molecule has 2 aromatic carbocycles. The molecule has 1 aliphatic rings. The molecular weight excluding hydrogens is 270 g/mol. The van der Waals surface area contributed by atoms with Gasteiger partial charge < -0.3 is 0 Å². The molecule has 4 rings (SSSR count). The minimum absolute atomic E-state index is 0.686. The van der Waals surface area contributed by atoms with E-state index in [-0.39, 0.29) is 0 Å². The van der Waals surface area contributed by atoms with Crippen LogP contribution in [0.2, 0.25) is 0 Å². The van der Waals surface area contributed by atoms with Crippen LogP contribution in [-0.2, 0) is 0 Å². The van der Waals surface area contributed by atoms with Crippen LogP contribution in [0, 0.1) is 5.92 Å². The van der Waals surface area contributed by atoms with Gasteiger partial charge in [-0.1, -0.05) is 67.1 Å². The third-order valence-electron chi connectivity index (χ3n) is 4.59. The second-order valence-corrected chi connectivity index (χ2v) is 5.98. The van der Waals surface area contributed by atoms with Gasteiger partial charge in [0.1, 0.15) is 5.69 Å². The van der Waals surface area contributed by atoms with E-state index in [0.29, 0.717) is 5.92 Å². The van der Waals surface area contributed by atoms with Crippen LogP contribution in [-0.4, -0.2) is 15.0 Å². The summed E-state index contributed by atoms with van der Waals surface area (Å²) in [5.41, 5.74) is 4.58. The summed E-state index contributed by atoms with van der Waals surface area (Å²) in [4.78, 5) is 0. The quantitative estimate of drug-likeness (QED) is 0.710. The van der Waals surface area contributed by atoms with Gasteiger partial charge in [-0.15, -0.1) is 5.10 Å². The third kappa shape index (κ3) is 2.33. The molecule has 0 N–H and O–H groups in total. The second kappa shape index (κ2) is 5.41. The summed E-state index contributed by atoms with van der Waals surface area (Å²) in [6.45, 7) is 2.27. The highest BCUT2D eigenvalue weighted by Crippen LogP contribution is 2.50. The van der Waals surface area contributed by atoms with Crippen LogP contribution < -0.4 is 0 Å². The predicted molar refractivity (Wildman–Crippen MR) is 87.9 cm³/mol. The zero-order valence-electron chi connectivity index (χ0n) is 12.7. The van der Waals surface area contributed by atoms with E-state index in [2.05, 4.69) is 53.6 Å². The van der Waals surface area contributed by atoms with Gasteiger partial charge in [0, 0.05) is 5.56 Å². The van der Waals surface area contributed by atoms with Crippen molar-refractivity contribution < 1.29 is 0 Å². The van der Waals surface area contributed by atoms with Gasteiger partial charge in [0.15, 0.2) is 0 Å². The summed E-state index contributed by atoms with van der Waals surface area (Å²) in [7, 11) is 0. The summed E-state index contributed by atoms with van der Waals surface area (Å²) >= 11 is 0. The zero-order valence-corrected chi connectivity index (χ0v) is 12.7. The van der Waals surface area contributed by atoms with Crippen molar-refractivity contribution in [2.45, 2.75) is 25.7 Å². The standard InChI is InChI=1S/C19H19N3/c1-2-14-12-17(14)16-10-6-7-11-19(16)22-13-18(20-21-22)15-8-4-3-5-9-15/h3-11,13-14,17H,2,12H2,1H3/t14-,17+/m0/s1. The normalized spacial score (nSPS) is 20.0. The fraction of sp³-hybridized carbons (Fsp3) is 0.263. The molecule has 1 heterocycles. The Balaban J connectivity index is 1.70. The Morgan fingerprint density at radius 2 is 1.82 bits per heavy atom. The average Bonchev–Trinajstić information content (AvgIpc) is 3.22. The summed E-state index contributed by atoms with van der Waals surface area (Å²) in [5.74, 6) is 1.52. The maximum absolute atomic E-state index is 4.35. The molecule has 0 bridgehead atoms. The number of hydrogen-bond acceptors (Lipinski definition) is 2. The first kappa shape index (κ1) is 13.3. The summed E-state index contributed by atoms with van der Waals surface area (Å²) in [6, 6.07) is 18.8. The van der Waals surface area contributed by atoms with Crippen molar-refractivity contribution in [3.63, 3.8) is 0 Å². The molecule has 1 aromatic heterocycles. The van der Waals surface area contributed by atoms with E-state index in [4.69, 9.17) is 0 Å². The van der Waals surface area contributed by atoms with Gasteiger partial charge >= 0.3 is 0 Å². The lowest BCUT2D eigenvalue weighted by Crippen LogP contribution is -2.00. The molecular formula is C19H19N3. The van der Waals surface area contributed by atoms with Gasteiger partial charge in [0.05, 0.1) is 11.9 Å². The van der Waals surface area contributed by atoms with Crippen LogP contribution in [0.5, 0.6) is 0 Å². The average molecular weight is 289 g/mol. The maximum atomic E-state index is 4.35. The second-order valence-electron chi connectivity index (χ2n) is 5.98. The van der Waals surface area contributed by atoms with Crippen LogP contribution in [0.1, 0.15) is 31.2 Å². The van der Waals surface area contributed by atoms with Crippen LogP contribution >= 0.6 is 0 Å². The van der Waals surface area contributed by atoms with Gasteiger partial charge in [-0.3, -0.25) is 0 Å². The highest BCUT2D eigenvalue weighted by atomic mass is 15.4. The van der Waals surface area contributed by atoms with E-state index in [1.807, 2.05) is 29.1 Å². The maximum Gasteiger partial charge on any atom is 0.113 e. The highest BCUT2D eigenvalue weighted by Gasteiger charge is 2.38. The molecule has 22 heavy (non-hydrogen) atoms. The Morgan fingerprint density at radius 3 is 2.59 bits per heavy atom. The molecule has 0 spiro atoms. The first-order valence-electron chi connectivity index (χ1n) is 7.94. The van der Waals surface area contributed by atoms with Crippen LogP contribution in [0.25, 0.3) is 16.9 Å². The van der Waals surface area contributed by atoms with E-state index in [9.17, 15) is 0 Å². The molecule has 3 aromatic rings. The fourth-order valence-corrected chi connectivity index (χ4v) is 3.21. The Bertz CT molecular complexity index is 776. The lowest BCUT2D eigenvalue weighted by atomic mass is 10.1. The number of nitrogens with zero attached hydrogens (tertiary/aromatic N) is 3. The van der Waals surface area contributed by atoms with E-state index >= 15 is 0 Å². The largest absolute Gasteiger partial charge is 0.220 e. The van der Waals surface area contributed by atoms with Crippen molar-refractivity contribution in [2.24, 2.45) is 5.92 Å². The molecule has 2 atom stereocenters. The van der Waals surface area contributed by atoms with Crippen LogP contribution in [0.15, 0.2) is 60.8 Å². The van der Waals surface area contributed by atoms with E-state index in [0.717, 1.165) is 22.9 Å². The van der Waals surface area contributed by atoms with Crippen molar-refractivity contribution in [3.05, 3.63) is 66.4 Å². The molecule has 0 unspecified atom stereocenters. The number of aromatic nitrogens is 3. The number of benzene rings is 2. The molecule has 110 valence electrons. The summed E-state index contributed by atoms with van der Waals surface area (Å²) in [6.07, 6.45) is 4.58. The first-order valence-corrected chi connectivity index (χ1v) is 7.94. The van der Waals surface area contributed by atoms with Crippen molar-refractivity contribution in [1.29, 1.82) is 0 Å². The molecule has 0 aliphatic heterocycles. The highest BCUT2D eigenvalue weighted by molar-refractivity contribution is 5.58. The smallest absolute Gasteiger partial charge is 0.113 e. The summed E-state index contributed by atoms with van der Waals surface area (Å²) < 4.78 is 1.92. The Labute approximate surface area is 130 Å². The number of rotatable bonds is 4. The van der Waals surface area contributed by atoms with Crippen LogP contribution in [0.4, 0.5) is 0 Å². The molecule has 1 saturated carbocycles. The van der Waals surface area contributed by atoms with E-state index in [1.54, 1.807) is 0 Å². The zero-order chi connectivity index (χ0) is 14.9. The Kier molecular flexibility index (Phi) is 3.26. The van der Waals surface area contributed by atoms with Crippen molar-refractivity contribution in [1.82, 2.24) is 15.0 Å². The monoisotopic (exact) mass is 289 g/mol. The van der Waals surface area contributed by atoms with Gasteiger partial charge in [-0.2, -0.15) is 0 Å². The van der Waals surface area contributed by atoms with Gasteiger partial charge in [-0.25, -0.2) is 4.68 Å². The van der Waals surface area contributed by atoms with Gasteiger partial charge in [-0.05, 0) is 29.9 Å². The van der Waals surface area contributed by atoms with Crippen molar-refractivity contribution in [2.75, 3.05) is 0 Å². The molecule has 1 fully saturated rings. The Hall–Kier alpha value is -2.42. The lowest BCUT2D eigenvalue weighted by Gasteiger charge is -2.08. The fourth-order valence-electron chi connectivity index (χ4n) is 3.21. The first-order chi connectivity index (χ1) is 10.9. The molecule has 3 heteroatoms. The third-order valence-corrected chi connectivity index (χ3v) is 4.59. The van der Waals surface area contributed by atoms with Gasteiger partial charge in [0.2, 0.25) is 0 Å². The van der Waals surface area contributed by atoms with E-state index < -0.39 is 0 Å². The SMILES string of the molecule is CC[C@H]1C[C@H]1c1ccccc1-n1cc(-c2ccccc2)nn1. The van der Waals surface area contributed by atoms with E-state index in [1.165, 1.54) is 18.4 Å². The molecule has 0 radical (unpaired) electrons. The topological polar surface area (TPSA) is 30.7 Å². The number of para-hydroxylation sites is 1. The molecule has 3 nitrogen and oxygen atoms in total.